The standard InChI is InChI=1S/C14H19NO2/c1-3-7-15(8-9-16)14(17)11-13-6-4-5-12(2)10-13/h3-6,10,16H,1,7-9,11H2,2H3. The molecule has 1 N–H and O–H groups in total. The molecule has 0 radical (unpaired) electrons. The zero-order chi connectivity index (χ0) is 12.7. The fourth-order valence-electron chi connectivity index (χ4n) is 1.70. The van der Waals surface area contributed by atoms with E-state index in [9.17, 15) is 4.79 Å². The highest BCUT2D eigenvalue weighted by atomic mass is 16.3. The number of aliphatic hydroxyl groups excluding tert-OH is 1. The zero-order valence-electron chi connectivity index (χ0n) is 10.2. The van der Waals surface area contributed by atoms with Crippen molar-refractivity contribution in [3.63, 3.8) is 0 Å². The van der Waals surface area contributed by atoms with E-state index in [0.29, 0.717) is 19.5 Å². The topological polar surface area (TPSA) is 40.5 Å². The maximum absolute atomic E-state index is 12.0. The van der Waals surface area contributed by atoms with Crippen molar-refractivity contribution in [1.82, 2.24) is 4.90 Å². The normalized spacial score (nSPS) is 10.0. The molecule has 0 bridgehead atoms. The Labute approximate surface area is 102 Å². The van der Waals surface area contributed by atoms with Crippen LogP contribution in [0.15, 0.2) is 36.9 Å². The molecule has 0 aromatic heterocycles. The van der Waals surface area contributed by atoms with E-state index < -0.39 is 0 Å². The summed E-state index contributed by atoms with van der Waals surface area (Å²) in [6.07, 6.45) is 2.04. The Bertz CT molecular complexity index is 388. The predicted octanol–water partition coefficient (Wildman–Crippen LogP) is 1.54. The number of aliphatic hydroxyl groups is 1. The smallest absolute Gasteiger partial charge is 0.227 e. The average Bonchev–Trinajstić information content (AvgIpc) is 2.28. The lowest BCUT2D eigenvalue weighted by atomic mass is 10.1. The van der Waals surface area contributed by atoms with Gasteiger partial charge >= 0.3 is 0 Å². The molecule has 1 amide bonds. The van der Waals surface area contributed by atoms with E-state index in [1.54, 1.807) is 11.0 Å². The second-order valence-corrected chi connectivity index (χ2v) is 4.02. The zero-order valence-corrected chi connectivity index (χ0v) is 10.2. The van der Waals surface area contributed by atoms with Gasteiger partial charge in [0.25, 0.3) is 0 Å². The van der Waals surface area contributed by atoms with E-state index in [1.165, 1.54) is 0 Å². The lowest BCUT2D eigenvalue weighted by molar-refractivity contribution is -0.130. The first kappa shape index (κ1) is 13.5. The third kappa shape index (κ3) is 4.41. The van der Waals surface area contributed by atoms with Crippen molar-refractivity contribution in [2.75, 3.05) is 19.7 Å². The molecular weight excluding hydrogens is 214 g/mol. The van der Waals surface area contributed by atoms with Crippen molar-refractivity contribution in [2.45, 2.75) is 13.3 Å². The van der Waals surface area contributed by atoms with Crippen LogP contribution in [0.1, 0.15) is 11.1 Å². The molecule has 0 saturated carbocycles. The first-order chi connectivity index (χ1) is 8.17. The van der Waals surface area contributed by atoms with E-state index in [1.807, 2.05) is 31.2 Å². The molecule has 1 aromatic carbocycles. The summed E-state index contributed by atoms with van der Waals surface area (Å²) in [6.45, 7) is 6.43. The van der Waals surface area contributed by atoms with Gasteiger partial charge in [-0.15, -0.1) is 6.58 Å². The Morgan fingerprint density at radius 3 is 2.88 bits per heavy atom. The van der Waals surface area contributed by atoms with Crippen LogP contribution in [0.5, 0.6) is 0 Å². The first-order valence-corrected chi connectivity index (χ1v) is 5.72. The number of benzene rings is 1. The Balaban J connectivity index is 2.65. The van der Waals surface area contributed by atoms with Crippen molar-refractivity contribution in [3.05, 3.63) is 48.0 Å². The molecule has 0 saturated heterocycles. The summed E-state index contributed by atoms with van der Waals surface area (Å²) < 4.78 is 0. The van der Waals surface area contributed by atoms with Crippen LogP contribution in [-0.4, -0.2) is 35.6 Å². The van der Waals surface area contributed by atoms with E-state index in [4.69, 9.17) is 5.11 Å². The van der Waals surface area contributed by atoms with Crippen LogP contribution in [-0.2, 0) is 11.2 Å². The van der Waals surface area contributed by atoms with E-state index in [-0.39, 0.29) is 12.5 Å². The summed E-state index contributed by atoms with van der Waals surface area (Å²) in [5.41, 5.74) is 2.15. The van der Waals surface area contributed by atoms with Gasteiger partial charge in [-0.2, -0.15) is 0 Å². The third-order valence-electron chi connectivity index (χ3n) is 2.51. The van der Waals surface area contributed by atoms with Gasteiger partial charge in [-0.1, -0.05) is 35.9 Å². The number of carbonyl (C=O) groups is 1. The minimum atomic E-state index is -0.0204. The minimum absolute atomic E-state index is 0.0181. The van der Waals surface area contributed by atoms with Gasteiger partial charge in [-0.05, 0) is 12.5 Å². The van der Waals surface area contributed by atoms with Crippen molar-refractivity contribution in [3.8, 4) is 0 Å². The number of aryl methyl sites for hydroxylation is 1. The average molecular weight is 233 g/mol. The summed E-state index contributed by atoms with van der Waals surface area (Å²) in [5, 5.41) is 8.89. The van der Waals surface area contributed by atoms with Crippen LogP contribution in [0.4, 0.5) is 0 Å². The molecule has 92 valence electrons. The van der Waals surface area contributed by atoms with Gasteiger partial charge in [0, 0.05) is 13.1 Å². The Morgan fingerprint density at radius 2 is 2.29 bits per heavy atom. The summed E-state index contributed by atoms with van der Waals surface area (Å²) in [7, 11) is 0. The van der Waals surface area contributed by atoms with E-state index in [2.05, 4.69) is 6.58 Å². The molecule has 1 rings (SSSR count). The Kier molecular flexibility index (Phi) is 5.43. The molecule has 1 aromatic rings. The number of rotatable bonds is 6. The number of nitrogens with zero attached hydrogens (tertiary/aromatic N) is 1. The molecule has 17 heavy (non-hydrogen) atoms. The van der Waals surface area contributed by atoms with Crippen LogP contribution >= 0.6 is 0 Å². The Hall–Kier alpha value is -1.61. The van der Waals surface area contributed by atoms with Crippen LogP contribution in [0.3, 0.4) is 0 Å². The van der Waals surface area contributed by atoms with Gasteiger partial charge in [-0.3, -0.25) is 4.79 Å². The molecule has 0 atom stereocenters. The molecular formula is C14H19NO2. The van der Waals surface area contributed by atoms with Gasteiger partial charge in [0.1, 0.15) is 0 Å². The van der Waals surface area contributed by atoms with Gasteiger partial charge in [0.15, 0.2) is 0 Å². The number of hydrogen-bond acceptors (Lipinski definition) is 2. The van der Waals surface area contributed by atoms with Gasteiger partial charge in [0.2, 0.25) is 5.91 Å². The van der Waals surface area contributed by atoms with E-state index >= 15 is 0 Å². The summed E-state index contributed by atoms with van der Waals surface area (Å²) in [6, 6.07) is 7.89. The highest BCUT2D eigenvalue weighted by Gasteiger charge is 2.11. The number of hydrogen-bond donors (Lipinski definition) is 1. The number of carbonyl (C=O) groups excluding carboxylic acids is 1. The fourth-order valence-corrected chi connectivity index (χ4v) is 1.70. The van der Waals surface area contributed by atoms with Gasteiger partial charge in [0.05, 0.1) is 13.0 Å². The molecule has 0 fully saturated rings. The summed E-state index contributed by atoms with van der Waals surface area (Å²) >= 11 is 0. The highest BCUT2D eigenvalue weighted by Crippen LogP contribution is 2.06. The lowest BCUT2D eigenvalue weighted by Gasteiger charge is -2.20. The van der Waals surface area contributed by atoms with Crippen LogP contribution in [0, 0.1) is 6.92 Å². The molecule has 3 heteroatoms. The second kappa shape index (κ2) is 6.86. The monoisotopic (exact) mass is 233 g/mol. The predicted molar refractivity (Wildman–Crippen MR) is 68.7 cm³/mol. The first-order valence-electron chi connectivity index (χ1n) is 5.72. The van der Waals surface area contributed by atoms with Crippen molar-refractivity contribution >= 4 is 5.91 Å². The van der Waals surface area contributed by atoms with Gasteiger partial charge in [-0.25, -0.2) is 0 Å². The molecule has 3 nitrogen and oxygen atoms in total. The number of amides is 1. The van der Waals surface area contributed by atoms with Crippen LogP contribution in [0.2, 0.25) is 0 Å². The molecule has 0 aliphatic carbocycles. The van der Waals surface area contributed by atoms with Crippen molar-refractivity contribution < 1.29 is 9.90 Å². The molecule has 0 spiro atoms. The van der Waals surface area contributed by atoms with Crippen molar-refractivity contribution in [1.29, 1.82) is 0 Å². The quantitative estimate of drug-likeness (QED) is 0.757. The fraction of sp³-hybridized carbons (Fsp3) is 0.357. The maximum Gasteiger partial charge on any atom is 0.227 e. The summed E-state index contributed by atoms with van der Waals surface area (Å²) in [5.74, 6) is 0.0181. The van der Waals surface area contributed by atoms with Gasteiger partial charge < -0.3 is 10.0 Å². The SMILES string of the molecule is C=CCN(CCO)C(=O)Cc1cccc(C)c1. The molecule has 0 aliphatic rings. The molecule has 0 unspecified atom stereocenters. The summed E-state index contributed by atoms with van der Waals surface area (Å²) in [4.78, 5) is 13.6. The van der Waals surface area contributed by atoms with Crippen LogP contribution < -0.4 is 0 Å². The molecule has 0 heterocycles. The third-order valence-corrected chi connectivity index (χ3v) is 2.51. The second-order valence-electron chi connectivity index (χ2n) is 4.02. The van der Waals surface area contributed by atoms with Crippen molar-refractivity contribution in [2.24, 2.45) is 0 Å². The van der Waals surface area contributed by atoms with Crippen LogP contribution in [0.25, 0.3) is 0 Å². The largest absolute Gasteiger partial charge is 0.395 e. The van der Waals surface area contributed by atoms with E-state index in [0.717, 1.165) is 11.1 Å². The highest BCUT2D eigenvalue weighted by molar-refractivity contribution is 5.79. The minimum Gasteiger partial charge on any atom is -0.395 e. The molecule has 0 aliphatic heterocycles. The maximum atomic E-state index is 12.0. The Morgan fingerprint density at radius 1 is 1.53 bits per heavy atom. The lowest BCUT2D eigenvalue weighted by Crippen LogP contribution is -2.34.